The van der Waals surface area contributed by atoms with Crippen LogP contribution in [0.1, 0.15) is 0 Å². The SMILES string of the molecule is C=CC[N+](C=C)(CC=C)CC=C.O=S(=O)([O-])C(F)(F)F. The zero-order valence-electron chi connectivity index (χ0n) is 11.0. The average Bonchev–Trinajstić information content (AvgIpc) is 2.28. The van der Waals surface area contributed by atoms with Crippen molar-refractivity contribution in [1.82, 2.24) is 0 Å². The van der Waals surface area contributed by atoms with Gasteiger partial charge in [-0.25, -0.2) is 8.42 Å². The Labute approximate surface area is 117 Å². The molecule has 0 aromatic heterocycles. The fraction of sp³-hybridized carbons (Fsp3) is 0.333. The van der Waals surface area contributed by atoms with E-state index in [2.05, 4.69) is 26.3 Å². The Morgan fingerprint density at radius 3 is 1.30 bits per heavy atom. The Bertz CT molecular complexity index is 415. The van der Waals surface area contributed by atoms with Gasteiger partial charge in [-0.3, -0.25) is 4.48 Å². The Hall–Kier alpha value is -1.38. The lowest BCUT2D eigenvalue weighted by Crippen LogP contribution is -2.42. The first-order valence-corrected chi connectivity index (χ1v) is 6.74. The molecule has 0 atom stereocenters. The van der Waals surface area contributed by atoms with E-state index in [4.69, 9.17) is 13.0 Å². The maximum absolute atomic E-state index is 10.7. The van der Waals surface area contributed by atoms with E-state index in [1.54, 1.807) is 0 Å². The van der Waals surface area contributed by atoms with Crippen LogP contribution in [0.2, 0.25) is 0 Å². The predicted octanol–water partition coefficient (Wildman–Crippen LogP) is 2.56. The second-order valence-electron chi connectivity index (χ2n) is 3.71. The third-order valence-corrected chi connectivity index (χ3v) is 2.72. The maximum Gasteiger partial charge on any atom is 0.485 e. The van der Waals surface area contributed by atoms with Crippen molar-refractivity contribution >= 4 is 10.1 Å². The van der Waals surface area contributed by atoms with Crippen molar-refractivity contribution < 1.29 is 30.6 Å². The molecule has 0 aromatic carbocycles. The predicted molar refractivity (Wildman–Crippen MR) is 71.4 cm³/mol. The fourth-order valence-electron chi connectivity index (χ4n) is 1.22. The van der Waals surface area contributed by atoms with Crippen LogP contribution in [0.15, 0.2) is 50.7 Å². The van der Waals surface area contributed by atoms with Crippen molar-refractivity contribution in [3.63, 3.8) is 0 Å². The molecule has 0 aliphatic heterocycles. The monoisotopic (exact) mass is 313 g/mol. The summed E-state index contributed by atoms with van der Waals surface area (Å²) in [5, 5.41) is 0. The number of rotatable bonds is 7. The number of hydrogen-bond acceptors (Lipinski definition) is 3. The summed E-state index contributed by atoms with van der Waals surface area (Å²) in [5.41, 5.74) is -5.65. The molecule has 0 aliphatic carbocycles. The van der Waals surface area contributed by atoms with Crippen LogP contribution < -0.4 is 0 Å². The first-order valence-electron chi connectivity index (χ1n) is 5.34. The van der Waals surface area contributed by atoms with E-state index in [0.717, 1.165) is 24.1 Å². The third-order valence-electron chi connectivity index (χ3n) is 2.15. The minimum atomic E-state index is -6.09. The fourth-order valence-corrected chi connectivity index (χ4v) is 1.22. The van der Waals surface area contributed by atoms with Crippen LogP contribution in [-0.4, -0.2) is 42.6 Å². The first-order chi connectivity index (χ1) is 8.99. The molecule has 0 N–H and O–H groups in total. The second-order valence-corrected chi connectivity index (χ2v) is 5.09. The van der Waals surface area contributed by atoms with Gasteiger partial charge in [0.05, 0.1) is 6.20 Å². The largest absolute Gasteiger partial charge is 0.741 e. The minimum Gasteiger partial charge on any atom is -0.741 e. The molecule has 0 unspecified atom stereocenters. The quantitative estimate of drug-likeness (QED) is 0.314. The highest BCUT2D eigenvalue weighted by Crippen LogP contribution is 2.20. The summed E-state index contributed by atoms with van der Waals surface area (Å²) in [6, 6.07) is 0. The summed E-state index contributed by atoms with van der Waals surface area (Å²) >= 11 is 0. The van der Waals surface area contributed by atoms with Crippen molar-refractivity contribution in [1.29, 1.82) is 0 Å². The van der Waals surface area contributed by atoms with Crippen LogP contribution in [0.4, 0.5) is 13.2 Å². The van der Waals surface area contributed by atoms with E-state index in [1.807, 2.05) is 24.4 Å². The molecule has 116 valence electrons. The van der Waals surface area contributed by atoms with Gasteiger partial charge < -0.3 is 4.55 Å². The number of alkyl halides is 3. The molecule has 0 aliphatic rings. The van der Waals surface area contributed by atoms with Gasteiger partial charge in [0.25, 0.3) is 0 Å². The van der Waals surface area contributed by atoms with Gasteiger partial charge in [0.1, 0.15) is 19.6 Å². The Kier molecular flexibility index (Phi) is 9.13. The van der Waals surface area contributed by atoms with Crippen LogP contribution in [0.25, 0.3) is 0 Å². The van der Waals surface area contributed by atoms with Crippen molar-refractivity contribution in [3.05, 3.63) is 50.7 Å². The van der Waals surface area contributed by atoms with Gasteiger partial charge >= 0.3 is 5.51 Å². The summed E-state index contributed by atoms with van der Waals surface area (Å²) in [5.74, 6) is 0. The van der Waals surface area contributed by atoms with Crippen molar-refractivity contribution in [3.8, 4) is 0 Å². The maximum atomic E-state index is 10.7. The van der Waals surface area contributed by atoms with E-state index < -0.39 is 15.6 Å². The van der Waals surface area contributed by atoms with E-state index in [-0.39, 0.29) is 0 Å². The highest BCUT2D eigenvalue weighted by molar-refractivity contribution is 7.86. The molecule has 0 bridgehead atoms. The summed E-state index contributed by atoms with van der Waals surface area (Å²) < 4.78 is 59.7. The molecule has 0 spiro atoms. The van der Waals surface area contributed by atoms with Crippen molar-refractivity contribution in [2.75, 3.05) is 19.6 Å². The molecule has 4 nitrogen and oxygen atoms in total. The molecule has 0 aromatic rings. The van der Waals surface area contributed by atoms with Gasteiger partial charge in [0, 0.05) is 0 Å². The Morgan fingerprint density at radius 2 is 1.20 bits per heavy atom. The number of halogens is 3. The minimum absolute atomic E-state index is 0.760. The lowest BCUT2D eigenvalue weighted by molar-refractivity contribution is -0.861. The van der Waals surface area contributed by atoms with E-state index in [0.29, 0.717) is 0 Å². The molecule has 0 fully saturated rings. The third kappa shape index (κ3) is 7.93. The molecule has 0 heterocycles. The molecule has 0 rings (SSSR count). The van der Waals surface area contributed by atoms with Crippen LogP contribution >= 0.6 is 0 Å². The summed E-state index contributed by atoms with van der Waals surface area (Å²) in [6.07, 6.45) is 7.61. The highest BCUT2D eigenvalue weighted by Gasteiger charge is 2.36. The smallest absolute Gasteiger partial charge is 0.485 e. The summed E-state index contributed by atoms with van der Waals surface area (Å²) in [6.45, 7) is 17.6. The summed E-state index contributed by atoms with van der Waals surface area (Å²) in [4.78, 5) is 0. The van der Waals surface area contributed by atoms with Crippen LogP contribution in [0.3, 0.4) is 0 Å². The molecule has 0 saturated heterocycles. The molecule has 0 amide bonds. The van der Waals surface area contributed by atoms with E-state index >= 15 is 0 Å². The summed E-state index contributed by atoms with van der Waals surface area (Å²) in [7, 11) is -6.09. The van der Waals surface area contributed by atoms with Gasteiger partial charge in [0.15, 0.2) is 10.1 Å². The zero-order valence-corrected chi connectivity index (χ0v) is 11.8. The van der Waals surface area contributed by atoms with Crippen LogP contribution in [0.5, 0.6) is 0 Å². The number of quaternary nitrogens is 1. The van der Waals surface area contributed by atoms with Crippen LogP contribution in [0, 0.1) is 0 Å². The van der Waals surface area contributed by atoms with Gasteiger partial charge in [-0.05, 0) is 24.8 Å². The highest BCUT2D eigenvalue weighted by atomic mass is 32.2. The number of hydrogen-bond donors (Lipinski definition) is 0. The lowest BCUT2D eigenvalue weighted by atomic mass is 10.3. The molecule has 8 heteroatoms. The molecule has 0 saturated carbocycles. The van der Waals surface area contributed by atoms with E-state index in [9.17, 15) is 13.2 Å². The van der Waals surface area contributed by atoms with Gasteiger partial charge in [0.2, 0.25) is 0 Å². The topological polar surface area (TPSA) is 57.2 Å². The van der Waals surface area contributed by atoms with Crippen molar-refractivity contribution in [2.45, 2.75) is 5.51 Å². The molecule has 20 heavy (non-hydrogen) atoms. The Balaban J connectivity index is 0. The van der Waals surface area contributed by atoms with Gasteiger partial charge in [-0.2, -0.15) is 13.2 Å². The van der Waals surface area contributed by atoms with Gasteiger partial charge in [-0.15, -0.1) is 0 Å². The normalized spacial score (nSPS) is 11.8. The lowest BCUT2D eigenvalue weighted by Gasteiger charge is -2.31. The van der Waals surface area contributed by atoms with Gasteiger partial charge in [-0.1, -0.05) is 19.7 Å². The van der Waals surface area contributed by atoms with E-state index in [1.165, 1.54) is 0 Å². The standard InChI is InChI=1S/C11H18N.CHF3O3S/c1-5-9-12(8-4,10-6-2)11-7-3;2-1(3,4)8(5,6)7/h5-8H,1-4,9-11H2;(H,5,6,7)/q+1;/p-1. The number of nitrogens with zero attached hydrogens (tertiary/aromatic N) is 1. The van der Waals surface area contributed by atoms with Crippen LogP contribution in [-0.2, 0) is 10.1 Å². The first kappa shape index (κ1) is 20.9. The van der Waals surface area contributed by atoms with Crippen molar-refractivity contribution in [2.24, 2.45) is 0 Å². The Morgan fingerprint density at radius 1 is 0.950 bits per heavy atom. The molecular formula is C12H18F3NO3S. The average molecular weight is 313 g/mol. The molecular weight excluding hydrogens is 295 g/mol. The molecule has 0 radical (unpaired) electrons. The second kappa shape index (κ2) is 8.72. The zero-order chi connectivity index (χ0) is 16.4.